The van der Waals surface area contributed by atoms with Crippen molar-refractivity contribution in [3.05, 3.63) is 54.0 Å². The number of phenols is 3. The summed E-state index contributed by atoms with van der Waals surface area (Å²) in [5.74, 6) is -1.09. The van der Waals surface area contributed by atoms with Crippen molar-refractivity contribution in [2.45, 2.75) is 30.7 Å². The highest BCUT2D eigenvalue weighted by Crippen LogP contribution is 2.48. The van der Waals surface area contributed by atoms with Gasteiger partial charge in [0.15, 0.2) is 34.5 Å². The Morgan fingerprint density at radius 3 is 2.07 bits per heavy atom. The Labute approximate surface area is 253 Å². The zero-order valence-corrected chi connectivity index (χ0v) is 23.7. The topological polar surface area (TPSA) is 226 Å². The van der Waals surface area contributed by atoms with Gasteiger partial charge >= 0.3 is 5.43 Å². The summed E-state index contributed by atoms with van der Waals surface area (Å²) in [5.41, 5.74) is 0.553. The number of aromatic hydroxyl groups is 3. The maximum absolute atomic E-state index is 10.8. The molecule has 1 aliphatic heterocycles. The lowest BCUT2D eigenvalue weighted by molar-refractivity contribution is -0.277. The summed E-state index contributed by atoms with van der Waals surface area (Å²) in [7, 11) is 2.66. The van der Waals surface area contributed by atoms with E-state index in [2.05, 4.69) is 0 Å². The van der Waals surface area contributed by atoms with E-state index in [0.29, 0.717) is 10.9 Å². The summed E-state index contributed by atoms with van der Waals surface area (Å²) in [6.07, 6.45) is -8.14. The maximum Gasteiger partial charge on any atom is 0.347 e. The summed E-state index contributed by atoms with van der Waals surface area (Å²) in [4.78, 5) is 10.6. The highest BCUT2D eigenvalue weighted by molar-refractivity contribution is 6.10. The lowest BCUT2D eigenvalue weighted by Gasteiger charge is -2.39. The van der Waals surface area contributed by atoms with Crippen LogP contribution in [0, 0.1) is 0 Å². The first-order chi connectivity index (χ1) is 21.5. The lowest BCUT2D eigenvalue weighted by Crippen LogP contribution is -2.60. The number of methoxy groups -OCH3 is 2. The highest BCUT2D eigenvalue weighted by Gasteiger charge is 2.45. The minimum absolute atomic E-state index is 0.00260. The molecule has 0 bridgehead atoms. The van der Waals surface area contributed by atoms with Crippen LogP contribution in [0.4, 0.5) is 0 Å². The van der Waals surface area contributed by atoms with Gasteiger partial charge in [-0.2, -0.15) is 0 Å². The van der Waals surface area contributed by atoms with E-state index in [9.17, 15) is 40.5 Å². The van der Waals surface area contributed by atoms with Gasteiger partial charge in [-0.15, -0.1) is 0 Å². The summed E-state index contributed by atoms with van der Waals surface area (Å²) < 4.78 is 34.8. The second-order valence-electron chi connectivity index (χ2n) is 10.3. The third kappa shape index (κ3) is 5.13. The Hall–Kier alpha value is -4.99. The molecule has 3 heterocycles. The van der Waals surface area contributed by atoms with E-state index < -0.39 is 43.1 Å². The van der Waals surface area contributed by atoms with Gasteiger partial charge in [0.05, 0.1) is 38.3 Å². The van der Waals surface area contributed by atoms with Crippen molar-refractivity contribution in [2.75, 3.05) is 20.8 Å². The second-order valence-corrected chi connectivity index (χ2v) is 10.3. The van der Waals surface area contributed by atoms with Crippen LogP contribution in [0.15, 0.2) is 57.4 Å². The van der Waals surface area contributed by atoms with Crippen LogP contribution in [-0.4, -0.2) is 92.1 Å². The number of hydrogen-bond acceptors (Lipinski definition) is 13. The lowest BCUT2D eigenvalue weighted by atomic mass is 9.99. The molecule has 2 aromatic heterocycles. The van der Waals surface area contributed by atoms with Crippen molar-refractivity contribution in [3.63, 3.8) is 0 Å². The fourth-order valence-corrected chi connectivity index (χ4v) is 5.24. The van der Waals surface area contributed by atoms with Crippen molar-refractivity contribution < 1.29 is 68.3 Å². The zero-order chi connectivity index (χ0) is 32.2. The third-order valence-electron chi connectivity index (χ3n) is 7.56. The first-order valence-electron chi connectivity index (χ1n) is 13.6. The van der Waals surface area contributed by atoms with E-state index in [4.69, 9.17) is 27.8 Å². The quantitative estimate of drug-likeness (QED) is 0.101. The summed E-state index contributed by atoms with van der Waals surface area (Å²) in [5, 5.41) is 72.5. The largest absolute Gasteiger partial charge is 0.504 e. The van der Waals surface area contributed by atoms with Crippen molar-refractivity contribution in [1.82, 2.24) is 0 Å². The van der Waals surface area contributed by atoms with Crippen molar-refractivity contribution in [2.24, 2.45) is 0 Å². The molecule has 0 aliphatic carbocycles. The maximum atomic E-state index is 10.8. The Morgan fingerprint density at radius 1 is 0.778 bits per heavy atom. The zero-order valence-electron chi connectivity index (χ0n) is 23.7. The molecule has 0 radical (unpaired) electrons. The Kier molecular flexibility index (Phi) is 7.68. The van der Waals surface area contributed by atoms with E-state index in [1.54, 1.807) is 0 Å². The number of hydrogen-bond donors (Lipinski definition) is 7. The molecule has 3 aromatic carbocycles. The highest BCUT2D eigenvalue weighted by atomic mass is 16.7. The number of phenolic OH excluding ortho intramolecular Hbond substituents is 3. The first kappa shape index (κ1) is 30.1. The molecule has 6 rings (SSSR count). The molecule has 8 N–H and O–H groups in total. The molecule has 1 fully saturated rings. The van der Waals surface area contributed by atoms with Crippen LogP contribution in [0.5, 0.6) is 34.5 Å². The van der Waals surface area contributed by atoms with Crippen molar-refractivity contribution >= 4 is 21.9 Å². The molecule has 1 saturated heterocycles. The number of aliphatic hydroxyl groups is 4. The van der Waals surface area contributed by atoms with E-state index in [0.717, 1.165) is 0 Å². The number of ether oxygens (including phenoxy) is 4. The van der Waals surface area contributed by atoms with Gasteiger partial charge < -0.3 is 63.5 Å². The van der Waals surface area contributed by atoms with Crippen LogP contribution >= 0.6 is 0 Å². The van der Waals surface area contributed by atoms with E-state index in [1.165, 1.54) is 62.8 Å². The van der Waals surface area contributed by atoms with Crippen LogP contribution < -0.4 is 19.6 Å². The van der Waals surface area contributed by atoms with E-state index >= 15 is 0 Å². The van der Waals surface area contributed by atoms with Crippen LogP contribution in [0.1, 0.15) is 0 Å². The van der Waals surface area contributed by atoms with Crippen LogP contribution in [0.2, 0.25) is 0 Å². The summed E-state index contributed by atoms with van der Waals surface area (Å²) >= 11 is 0. The van der Waals surface area contributed by atoms with Crippen molar-refractivity contribution in [1.29, 1.82) is 0 Å². The Balaban J connectivity index is 1.68. The molecule has 0 spiro atoms. The van der Waals surface area contributed by atoms with E-state index in [-0.39, 0.29) is 67.8 Å². The van der Waals surface area contributed by atoms with Crippen LogP contribution in [0.3, 0.4) is 0 Å². The molecule has 0 saturated carbocycles. The number of benzene rings is 3. The molecule has 5 atom stereocenters. The number of aliphatic hydroxyl groups excluding tert-OH is 4. The van der Waals surface area contributed by atoms with Gasteiger partial charge in [-0.05, 0) is 36.4 Å². The van der Waals surface area contributed by atoms with Gasteiger partial charge in [-0.3, -0.25) is 4.79 Å². The van der Waals surface area contributed by atoms with Gasteiger partial charge in [0.1, 0.15) is 41.3 Å². The Morgan fingerprint density at radius 2 is 1.44 bits per heavy atom. The second kappa shape index (κ2) is 11.5. The van der Waals surface area contributed by atoms with Gasteiger partial charge in [-0.1, -0.05) is 0 Å². The fourth-order valence-electron chi connectivity index (χ4n) is 5.24. The summed E-state index contributed by atoms with van der Waals surface area (Å²) in [6.45, 7) is -0.704. The Bertz CT molecular complexity index is 1930. The minimum Gasteiger partial charge on any atom is -0.504 e. The van der Waals surface area contributed by atoms with Gasteiger partial charge in [0, 0.05) is 16.5 Å². The van der Waals surface area contributed by atoms with Crippen LogP contribution in [-0.2, 0) is 4.74 Å². The predicted molar refractivity (Wildman–Crippen MR) is 154 cm³/mol. The molecule has 14 nitrogen and oxygen atoms in total. The molecule has 45 heavy (non-hydrogen) atoms. The van der Waals surface area contributed by atoms with Gasteiger partial charge in [0.25, 0.3) is 0 Å². The molecule has 14 heteroatoms. The summed E-state index contributed by atoms with van der Waals surface area (Å²) in [6, 6.07) is 11.0. The van der Waals surface area contributed by atoms with Gasteiger partial charge in [0.2, 0.25) is 12.0 Å². The van der Waals surface area contributed by atoms with Crippen molar-refractivity contribution in [3.8, 4) is 57.1 Å². The molecule has 1 aliphatic rings. The molecule has 0 unspecified atom stereocenters. The van der Waals surface area contributed by atoms with E-state index in [1.807, 2.05) is 0 Å². The van der Waals surface area contributed by atoms with Gasteiger partial charge in [-0.25, -0.2) is 0 Å². The third-order valence-corrected chi connectivity index (χ3v) is 7.56. The molecular formula is C31H29O14+. The smallest absolute Gasteiger partial charge is 0.347 e. The number of rotatable bonds is 7. The molecule has 0 amide bonds. The van der Waals surface area contributed by atoms with Crippen LogP contribution in [0.25, 0.3) is 44.6 Å². The fraction of sp³-hybridized carbons (Fsp3) is 0.258. The average molecular weight is 626 g/mol. The average Bonchev–Trinajstić information content (AvgIpc) is 3.03. The molecule has 236 valence electrons. The minimum atomic E-state index is -1.79. The normalized spacial score (nSPS) is 21.7. The monoisotopic (exact) mass is 625 g/mol. The SMILES string of the molecule is COc1cc(-c2oc3cc(=[OH+])cc4oc(-c5ccc(O)c(O)c5)cc(c2O[C@@H]2O[C@H](CO)[C@@H](O)[C@H](O)[C@H]2O)c43)cc(OC)c1O. The first-order valence-corrected chi connectivity index (χ1v) is 13.6. The molecular weight excluding hydrogens is 596 g/mol. The standard InChI is InChI=1S/C31H28O14/c1-40-21-6-13(7-22(41-2)25(21)36)29-30(45-31-28(39)27(38)26(37)23(11-32)44-31)15-10-18(12-3-4-16(34)17(35)5-12)42-19-8-14(33)9-20(43-29)24(15)19/h3-10,23,26-28,31-32,34-39H,11H2,1-2H3/p+1/t23-,26-,27+,28-,31+/m1/s1. The predicted octanol–water partition coefficient (Wildman–Crippen LogP) is 1.83. The molecule has 5 aromatic rings.